The van der Waals surface area contributed by atoms with Crippen molar-refractivity contribution in [3.63, 3.8) is 0 Å². The molecule has 3 aromatic carbocycles. The molecule has 236 valence electrons. The van der Waals surface area contributed by atoms with Gasteiger partial charge in [0.05, 0.1) is 22.6 Å². The number of ether oxygens (including phenoxy) is 1. The maximum atomic E-state index is 14.2. The van der Waals surface area contributed by atoms with Crippen LogP contribution in [0.2, 0.25) is 5.02 Å². The Balaban J connectivity index is 2.15. The number of rotatable bonds is 15. The highest BCUT2D eigenvalue weighted by Crippen LogP contribution is 2.36. The number of unbranched alkanes of at least 4 members (excludes halogenated alkanes) is 1. The maximum Gasteiger partial charge on any atom is 0.273 e. The maximum absolute atomic E-state index is 14.2. The average molecular weight is 645 g/mol. The van der Waals surface area contributed by atoms with E-state index >= 15 is 0 Å². The molecule has 0 spiro atoms. The summed E-state index contributed by atoms with van der Waals surface area (Å²) < 4.78 is 34.7. The minimum Gasteiger partial charge on any atom is -0.495 e. The SMILES string of the molecule is CCCCNC(=O)C(CC)N(Cc1ccccc1)C(=O)CN(c1cc(Cl)ccc1OC)S(=O)(=O)c1ccc(C)c([N+](=O)[O-])c1. The lowest BCUT2D eigenvalue weighted by Gasteiger charge is -2.33. The molecule has 0 heterocycles. The molecule has 0 aliphatic heterocycles. The topological polar surface area (TPSA) is 139 Å². The molecule has 1 atom stereocenters. The number of nitrogens with one attached hydrogen (secondary N) is 1. The van der Waals surface area contributed by atoms with Crippen molar-refractivity contribution in [1.29, 1.82) is 0 Å². The molecule has 0 saturated carbocycles. The molecule has 3 rings (SSSR count). The number of aryl methyl sites for hydroxylation is 1. The van der Waals surface area contributed by atoms with Gasteiger partial charge in [-0.2, -0.15) is 0 Å². The van der Waals surface area contributed by atoms with Crippen LogP contribution in [0, 0.1) is 17.0 Å². The van der Waals surface area contributed by atoms with Crippen LogP contribution in [0.1, 0.15) is 44.2 Å². The molecule has 0 radical (unpaired) electrons. The zero-order valence-corrected chi connectivity index (χ0v) is 26.7. The Kier molecular flexibility index (Phi) is 12.1. The van der Waals surface area contributed by atoms with Crippen molar-refractivity contribution >= 4 is 44.8 Å². The molecule has 0 bridgehead atoms. The van der Waals surface area contributed by atoms with Crippen LogP contribution in [0.15, 0.2) is 71.6 Å². The Labute approximate surface area is 263 Å². The van der Waals surface area contributed by atoms with Gasteiger partial charge in [0.15, 0.2) is 0 Å². The highest BCUT2D eigenvalue weighted by atomic mass is 35.5. The first kappa shape index (κ1) is 34.3. The molecular weight excluding hydrogens is 608 g/mol. The number of carbonyl (C=O) groups is 2. The Hall–Kier alpha value is -4.16. The first-order valence-corrected chi connectivity index (χ1v) is 16.0. The molecule has 1 unspecified atom stereocenters. The Morgan fingerprint density at radius 1 is 1.07 bits per heavy atom. The van der Waals surface area contributed by atoms with Gasteiger partial charge in [-0.15, -0.1) is 0 Å². The third-order valence-corrected chi connectivity index (χ3v) is 9.06. The summed E-state index contributed by atoms with van der Waals surface area (Å²) in [6, 6.07) is 16.0. The number of benzene rings is 3. The smallest absolute Gasteiger partial charge is 0.273 e. The van der Waals surface area contributed by atoms with Crippen LogP contribution in [-0.2, 0) is 26.2 Å². The molecule has 2 amide bonds. The monoisotopic (exact) mass is 644 g/mol. The Morgan fingerprint density at radius 3 is 2.39 bits per heavy atom. The summed E-state index contributed by atoms with van der Waals surface area (Å²) in [4.78, 5) is 39.5. The fraction of sp³-hybridized carbons (Fsp3) is 0.355. The third-order valence-electron chi connectivity index (χ3n) is 7.06. The van der Waals surface area contributed by atoms with Gasteiger partial charge in [0.25, 0.3) is 15.7 Å². The van der Waals surface area contributed by atoms with E-state index < -0.39 is 44.0 Å². The van der Waals surface area contributed by atoms with Crippen molar-refractivity contribution in [3.05, 3.63) is 93.0 Å². The van der Waals surface area contributed by atoms with E-state index in [1.807, 2.05) is 25.1 Å². The molecule has 1 N–H and O–H groups in total. The first-order chi connectivity index (χ1) is 20.9. The largest absolute Gasteiger partial charge is 0.495 e. The Bertz CT molecular complexity index is 1590. The lowest BCUT2D eigenvalue weighted by Crippen LogP contribution is -2.52. The van der Waals surface area contributed by atoms with Crippen LogP contribution in [0.4, 0.5) is 11.4 Å². The Morgan fingerprint density at radius 2 is 1.77 bits per heavy atom. The molecule has 44 heavy (non-hydrogen) atoms. The minimum atomic E-state index is -4.61. The van der Waals surface area contributed by atoms with Gasteiger partial charge in [0.1, 0.15) is 18.3 Å². The van der Waals surface area contributed by atoms with E-state index in [0.717, 1.165) is 28.8 Å². The third kappa shape index (κ3) is 8.26. The van der Waals surface area contributed by atoms with Gasteiger partial charge in [-0.3, -0.25) is 24.0 Å². The van der Waals surface area contributed by atoms with E-state index in [2.05, 4.69) is 5.32 Å². The van der Waals surface area contributed by atoms with Gasteiger partial charge < -0.3 is 15.0 Å². The van der Waals surface area contributed by atoms with Crippen LogP contribution in [-0.4, -0.2) is 56.3 Å². The summed E-state index contributed by atoms with van der Waals surface area (Å²) in [7, 11) is -3.27. The first-order valence-electron chi connectivity index (χ1n) is 14.2. The van der Waals surface area contributed by atoms with Crippen LogP contribution in [0.5, 0.6) is 5.75 Å². The van der Waals surface area contributed by atoms with Gasteiger partial charge in [-0.1, -0.05) is 68.3 Å². The van der Waals surface area contributed by atoms with E-state index in [4.69, 9.17) is 16.3 Å². The second-order valence-electron chi connectivity index (χ2n) is 10.1. The van der Waals surface area contributed by atoms with Gasteiger partial charge in [-0.25, -0.2) is 8.42 Å². The number of anilines is 1. The number of halogens is 1. The van der Waals surface area contributed by atoms with E-state index in [1.54, 1.807) is 19.1 Å². The molecule has 0 aliphatic carbocycles. The number of amides is 2. The van der Waals surface area contributed by atoms with E-state index in [9.17, 15) is 28.1 Å². The molecular formula is C31H37ClN4O7S. The number of nitro groups is 1. The molecule has 13 heteroatoms. The molecule has 0 aromatic heterocycles. The van der Waals surface area contributed by atoms with Gasteiger partial charge >= 0.3 is 0 Å². The number of nitrogens with zero attached hydrogens (tertiary/aromatic N) is 3. The second kappa shape index (κ2) is 15.5. The summed E-state index contributed by atoms with van der Waals surface area (Å²) in [6.45, 7) is 4.99. The standard InChI is InChI=1S/C31H37ClN4O7S/c1-5-7-17-33-31(38)26(6-2)34(20-23-11-9-8-10-12-23)30(37)21-35(28-18-24(32)14-16-29(28)43-4)44(41,42)25-15-13-22(3)27(19-25)36(39)40/h8-16,18-19,26H,5-7,17,20-21H2,1-4H3,(H,33,38). The van der Waals surface area contributed by atoms with Crippen LogP contribution < -0.4 is 14.4 Å². The average Bonchev–Trinajstić information content (AvgIpc) is 3.00. The second-order valence-corrected chi connectivity index (χ2v) is 12.4. The van der Waals surface area contributed by atoms with Crippen molar-refractivity contribution in [2.75, 3.05) is 24.5 Å². The van der Waals surface area contributed by atoms with Crippen LogP contribution in [0.25, 0.3) is 0 Å². The van der Waals surface area contributed by atoms with Crippen LogP contribution >= 0.6 is 11.6 Å². The zero-order chi connectivity index (χ0) is 32.4. The van der Waals surface area contributed by atoms with E-state index in [-0.39, 0.29) is 40.9 Å². The lowest BCUT2D eigenvalue weighted by atomic mass is 10.1. The molecule has 11 nitrogen and oxygen atoms in total. The van der Waals surface area contributed by atoms with Gasteiger partial charge in [0.2, 0.25) is 11.8 Å². The van der Waals surface area contributed by atoms with Gasteiger partial charge in [-0.05, 0) is 49.6 Å². The van der Waals surface area contributed by atoms with E-state index in [0.29, 0.717) is 6.54 Å². The minimum absolute atomic E-state index is 0.0376. The normalized spacial score (nSPS) is 11.8. The van der Waals surface area contributed by atoms with Crippen molar-refractivity contribution in [2.45, 2.75) is 57.5 Å². The molecule has 0 saturated heterocycles. The predicted molar refractivity (Wildman–Crippen MR) is 169 cm³/mol. The van der Waals surface area contributed by atoms with Gasteiger partial charge in [0, 0.05) is 29.7 Å². The number of methoxy groups -OCH3 is 1. The quantitative estimate of drug-likeness (QED) is 0.131. The highest BCUT2D eigenvalue weighted by Gasteiger charge is 2.35. The molecule has 0 aliphatic rings. The summed E-state index contributed by atoms with van der Waals surface area (Å²) in [5, 5.41) is 14.7. The van der Waals surface area contributed by atoms with Crippen molar-refractivity contribution in [1.82, 2.24) is 10.2 Å². The highest BCUT2D eigenvalue weighted by molar-refractivity contribution is 7.92. The predicted octanol–water partition coefficient (Wildman–Crippen LogP) is 5.48. The van der Waals surface area contributed by atoms with Crippen molar-refractivity contribution in [3.8, 4) is 5.75 Å². The zero-order valence-electron chi connectivity index (χ0n) is 25.2. The fourth-order valence-electron chi connectivity index (χ4n) is 4.65. The summed E-state index contributed by atoms with van der Waals surface area (Å²) >= 11 is 6.27. The number of nitro benzene ring substituents is 1. The molecule has 3 aromatic rings. The van der Waals surface area contributed by atoms with Crippen LogP contribution in [0.3, 0.4) is 0 Å². The fourth-order valence-corrected chi connectivity index (χ4v) is 6.25. The summed E-state index contributed by atoms with van der Waals surface area (Å²) in [6.07, 6.45) is 1.90. The number of hydrogen-bond donors (Lipinski definition) is 1. The summed E-state index contributed by atoms with van der Waals surface area (Å²) in [5.41, 5.74) is 0.572. The number of carbonyl (C=O) groups excluding carboxylic acids is 2. The summed E-state index contributed by atoms with van der Waals surface area (Å²) in [5.74, 6) is -0.918. The van der Waals surface area contributed by atoms with Crippen molar-refractivity contribution in [2.24, 2.45) is 0 Å². The molecule has 0 fully saturated rings. The van der Waals surface area contributed by atoms with Crippen molar-refractivity contribution < 1.29 is 27.7 Å². The number of sulfonamides is 1. The van der Waals surface area contributed by atoms with E-state index in [1.165, 1.54) is 49.3 Å². The lowest BCUT2D eigenvalue weighted by molar-refractivity contribution is -0.385. The number of hydrogen-bond acceptors (Lipinski definition) is 7.